The van der Waals surface area contributed by atoms with Crippen LogP contribution in [-0.2, 0) is 0 Å². The molecule has 2 rings (SSSR count). The molecule has 2 atom stereocenters. The van der Waals surface area contributed by atoms with Gasteiger partial charge in [-0.3, -0.25) is 4.79 Å². The van der Waals surface area contributed by atoms with Crippen LogP contribution in [0.5, 0.6) is 11.5 Å². The standard InChI is InChI=1S/C13H17N3O4/c14-12(16-20)7-3-1-5-9(7)15-13(19)8-4-2-6-10(17)11(8)18/h2,4,6-7,9,17-18,20H,1,3,5H2,(H2,14,16)(H,15,19). The molecule has 0 radical (unpaired) electrons. The van der Waals surface area contributed by atoms with Crippen molar-refractivity contribution in [3.05, 3.63) is 23.8 Å². The molecule has 108 valence electrons. The first kappa shape index (κ1) is 14.0. The highest BCUT2D eigenvalue weighted by Crippen LogP contribution is 2.30. The number of aromatic hydroxyl groups is 2. The summed E-state index contributed by atoms with van der Waals surface area (Å²) >= 11 is 0. The van der Waals surface area contributed by atoms with Crippen LogP contribution < -0.4 is 11.1 Å². The molecule has 0 aromatic heterocycles. The van der Waals surface area contributed by atoms with Crippen molar-refractivity contribution in [1.29, 1.82) is 0 Å². The highest BCUT2D eigenvalue weighted by Gasteiger charge is 2.32. The second-order valence-electron chi connectivity index (χ2n) is 4.82. The summed E-state index contributed by atoms with van der Waals surface area (Å²) < 4.78 is 0. The topological polar surface area (TPSA) is 128 Å². The van der Waals surface area contributed by atoms with Gasteiger partial charge in [0.15, 0.2) is 11.5 Å². The molecule has 1 amide bonds. The van der Waals surface area contributed by atoms with Crippen LogP contribution in [0.15, 0.2) is 23.4 Å². The molecule has 1 aromatic carbocycles. The van der Waals surface area contributed by atoms with Crippen molar-refractivity contribution in [2.24, 2.45) is 16.8 Å². The van der Waals surface area contributed by atoms with E-state index in [1.807, 2.05) is 0 Å². The normalized spacial score (nSPS) is 22.7. The second kappa shape index (κ2) is 5.68. The summed E-state index contributed by atoms with van der Waals surface area (Å²) in [4.78, 5) is 12.1. The van der Waals surface area contributed by atoms with Gasteiger partial charge >= 0.3 is 0 Å². The third kappa shape index (κ3) is 2.61. The highest BCUT2D eigenvalue weighted by atomic mass is 16.4. The van der Waals surface area contributed by atoms with Gasteiger partial charge in [-0.2, -0.15) is 0 Å². The van der Waals surface area contributed by atoms with Crippen LogP contribution in [0.25, 0.3) is 0 Å². The summed E-state index contributed by atoms with van der Waals surface area (Å²) in [5.41, 5.74) is 5.59. The first-order valence-electron chi connectivity index (χ1n) is 6.33. The zero-order valence-corrected chi connectivity index (χ0v) is 10.8. The predicted molar refractivity (Wildman–Crippen MR) is 71.8 cm³/mol. The zero-order chi connectivity index (χ0) is 14.7. The molecule has 0 saturated heterocycles. The van der Waals surface area contributed by atoms with Gasteiger partial charge in [-0.1, -0.05) is 17.6 Å². The Kier molecular flexibility index (Phi) is 3.97. The molecule has 1 saturated carbocycles. The van der Waals surface area contributed by atoms with Gasteiger partial charge in [-0.25, -0.2) is 0 Å². The number of nitrogens with zero attached hydrogens (tertiary/aromatic N) is 1. The van der Waals surface area contributed by atoms with Gasteiger partial charge in [-0.15, -0.1) is 0 Å². The summed E-state index contributed by atoms with van der Waals surface area (Å²) in [7, 11) is 0. The Morgan fingerprint density at radius 3 is 2.80 bits per heavy atom. The molecule has 7 heteroatoms. The molecule has 0 spiro atoms. The first-order valence-corrected chi connectivity index (χ1v) is 6.33. The molecular formula is C13H17N3O4. The summed E-state index contributed by atoms with van der Waals surface area (Å²) in [6, 6.07) is 3.93. The monoisotopic (exact) mass is 279 g/mol. The van der Waals surface area contributed by atoms with Crippen molar-refractivity contribution in [1.82, 2.24) is 5.32 Å². The van der Waals surface area contributed by atoms with Gasteiger partial charge < -0.3 is 26.5 Å². The number of nitrogens with one attached hydrogen (secondary N) is 1. The van der Waals surface area contributed by atoms with Crippen LogP contribution in [-0.4, -0.2) is 33.2 Å². The number of phenols is 2. The number of para-hydroxylation sites is 1. The maximum Gasteiger partial charge on any atom is 0.255 e. The molecule has 1 aliphatic carbocycles. The smallest absolute Gasteiger partial charge is 0.255 e. The Morgan fingerprint density at radius 1 is 1.35 bits per heavy atom. The van der Waals surface area contributed by atoms with E-state index in [1.165, 1.54) is 18.2 Å². The molecule has 7 nitrogen and oxygen atoms in total. The average molecular weight is 279 g/mol. The van der Waals surface area contributed by atoms with E-state index in [2.05, 4.69) is 10.5 Å². The van der Waals surface area contributed by atoms with Crippen molar-refractivity contribution in [2.45, 2.75) is 25.3 Å². The minimum Gasteiger partial charge on any atom is -0.504 e. The Labute approximate surface area is 115 Å². The van der Waals surface area contributed by atoms with Crippen molar-refractivity contribution < 1.29 is 20.2 Å². The van der Waals surface area contributed by atoms with Crippen molar-refractivity contribution in [3.8, 4) is 11.5 Å². The number of amidine groups is 1. The van der Waals surface area contributed by atoms with Crippen LogP contribution in [0.3, 0.4) is 0 Å². The van der Waals surface area contributed by atoms with Crippen LogP contribution >= 0.6 is 0 Å². The van der Waals surface area contributed by atoms with Gasteiger partial charge in [0.2, 0.25) is 0 Å². The quantitative estimate of drug-likeness (QED) is 0.183. The number of nitrogens with two attached hydrogens (primary N) is 1. The fourth-order valence-electron chi connectivity index (χ4n) is 2.52. The largest absolute Gasteiger partial charge is 0.504 e. The number of phenolic OH excluding ortho intramolecular Hbond substituents is 2. The third-order valence-electron chi connectivity index (χ3n) is 3.59. The van der Waals surface area contributed by atoms with E-state index in [9.17, 15) is 15.0 Å². The predicted octanol–water partition coefficient (Wildman–Crippen LogP) is 0.743. The number of carbonyl (C=O) groups is 1. The maximum absolute atomic E-state index is 12.1. The third-order valence-corrected chi connectivity index (χ3v) is 3.59. The molecule has 0 bridgehead atoms. The molecule has 0 heterocycles. The van der Waals surface area contributed by atoms with Crippen LogP contribution in [0.1, 0.15) is 29.6 Å². The van der Waals surface area contributed by atoms with E-state index in [1.54, 1.807) is 0 Å². The molecule has 1 aliphatic rings. The maximum atomic E-state index is 12.1. The Bertz CT molecular complexity index is 544. The number of hydrogen-bond acceptors (Lipinski definition) is 5. The number of oxime groups is 1. The van der Waals surface area contributed by atoms with Crippen molar-refractivity contribution in [3.63, 3.8) is 0 Å². The zero-order valence-electron chi connectivity index (χ0n) is 10.8. The van der Waals surface area contributed by atoms with Gasteiger partial charge in [0.1, 0.15) is 5.84 Å². The molecule has 1 aromatic rings. The van der Waals surface area contributed by atoms with Gasteiger partial charge in [0, 0.05) is 12.0 Å². The second-order valence-corrected chi connectivity index (χ2v) is 4.82. The van der Waals surface area contributed by atoms with Crippen molar-refractivity contribution in [2.75, 3.05) is 0 Å². The summed E-state index contributed by atoms with van der Waals surface area (Å²) in [6.07, 6.45) is 2.30. The number of hydrogen-bond donors (Lipinski definition) is 5. The molecule has 6 N–H and O–H groups in total. The fourth-order valence-corrected chi connectivity index (χ4v) is 2.52. The average Bonchev–Trinajstić information content (AvgIpc) is 2.89. The number of benzene rings is 1. The minimum atomic E-state index is -0.499. The lowest BCUT2D eigenvalue weighted by Crippen LogP contribution is -2.42. The van der Waals surface area contributed by atoms with Gasteiger partial charge in [-0.05, 0) is 25.0 Å². The lowest BCUT2D eigenvalue weighted by atomic mass is 10.0. The lowest BCUT2D eigenvalue weighted by Gasteiger charge is -2.20. The number of amides is 1. The molecular weight excluding hydrogens is 262 g/mol. The Hall–Kier alpha value is -2.44. The summed E-state index contributed by atoms with van der Waals surface area (Å²) in [5.74, 6) is -1.43. The van der Waals surface area contributed by atoms with Crippen LogP contribution in [0.2, 0.25) is 0 Å². The minimum absolute atomic E-state index is 0.00448. The van der Waals surface area contributed by atoms with Crippen LogP contribution in [0.4, 0.5) is 0 Å². The van der Waals surface area contributed by atoms with E-state index < -0.39 is 11.7 Å². The molecule has 1 fully saturated rings. The molecule has 2 unspecified atom stereocenters. The number of carbonyl (C=O) groups excluding carboxylic acids is 1. The van der Waals surface area contributed by atoms with Gasteiger partial charge in [0.05, 0.1) is 5.56 Å². The lowest BCUT2D eigenvalue weighted by molar-refractivity contribution is 0.0930. The van der Waals surface area contributed by atoms with Gasteiger partial charge in [0.25, 0.3) is 5.91 Å². The number of rotatable bonds is 3. The molecule has 20 heavy (non-hydrogen) atoms. The van der Waals surface area contributed by atoms with E-state index >= 15 is 0 Å². The van der Waals surface area contributed by atoms with Crippen molar-refractivity contribution >= 4 is 11.7 Å². The first-order chi connectivity index (χ1) is 9.54. The van der Waals surface area contributed by atoms with E-state index in [-0.39, 0.29) is 29.1 Å². The highest BCUT2D eigenvalue weighted by molar-refractivity contribution is 5.98. The molecule has 0 aliphatic heterocycles. The SMILES string of the molecule is N/C(=N/O)C1CCCC1NC(=O)c1cccc(O)c1O. The summed E-state index contributed by atoms with van der Waals surface area (Å²) in [6.45, 7) is 0. The van der Waals surface area contributed by atoms with E-state index in [0.29, 0.717) is 6.42 Å². The Morgan fingerprint density at radius 2 is 2.10 bits per heavy atom. The van der Waals surface area contributed by atoms with E-state index in [0.717, 1.165) is 12.8 Å². The van der Waals surface area contributed by atoms with Crippen LogP contribution in [0, 0.1) is 5.92 Å². The Balaban J connectivity index is 2.13. The summed E-state index contributed by atoms with van der Waals surface area (Å²) in [5, 5.41) is 33.5. The fraction of sp³-hybridized carbons (Fsp3) is 0.385. The van der Waals surface area contributed by atoms with E-state index in [4.69, 9.17) is 10.9 Å².